The lowest BCUT2D eigenvalue weighted by molar-refractivity contribution is 0.474. The summed E-state index contributed by atoms with van der Waals surface area (Å²) in [6.07, 6.45) is 0. The first-order chi connectivity index (χ1) is 7.16. The number of aromatic hydroxyl groups is 2. The predicted octanol–water partition coefficient (Wildman–Crippen LogP) is 2.87. The van der Waals surface area contributed by atoms with Crippen molar-refractivity contribution in [2.75, 3.05) is 0 Å². The molecular weight excluding hydrogens is 188 g/mol. The average Bonchev–Trinajstić information content (AvgIpc) is 2.22. The molecule has 0 aliphatic rings. The van der Waals surface area contributed by atoms with Crippen LogP contribution in [0, 0.1) is 13.0 Å². The second-order valence-corrected chi connectivity index (χ2v) is 3.48. The van der Waals surface area contributed by atoms with Gasteiger partial charge in [0.25, 0.3) is 0 Å². The van der Waals surface area contributed by atoms with Crippen molar-refractivity contribution in [2.24, 2.45) is 0 Å². The van der Waals surface area contributed by atoms with Crippen LogP contribution in [0.2, 0.25) is 0 Å². The SMILES string of the molecule is Cc1ccc(O)c(-c2[c]ccc(O)c2)c1. The number of phenols is 2. The molecule has 0 saturated heterocycles. The Morgan fingerprint density at radius 3 is 2.60 bits per heavy atom. The van der Waals surface area contributed by atoms with Gasteiger partial charge in [0, 0.05) is 5.56 Å². The topological polar surface area (TPSA) is 40.5 Å². The van der Waals surface area contributed by atoms with Gasteiger partial charge in [0.05, 0.1) is 0 Å². The van der Waals surface area contributed by atoms with Gasteiger partial charge in [-0.2, -0.15) is 0 Å². The van der Waals surface area contributed by atoms with Crippen molar-refractivity contribution in [2.45, 2.75) is 6.92 Å². The van der Waals surface area contributed by atoms with E-state index in [9.17, 15) is 10.2 Å². The zero-order valence-corrected chi connectivity index (χ0v) is 8.36. The molecule has 15 heavy (non-hydrogen) atoms. The number of hydrogen-bond acceptors (Lipinski definition) is 2. The minimum Gasteiger partial charge on any atom is -0.508 e. The lowest BCUT2D eigenvalue weighted by Gasteiger charge is -2.05. The molecule has 0 bridgehead atoms. The fourth-order valence-corrected chi connectivity index (χ4v) is 1.48. The molecule has 0 atom stereocenters. The van der Waals surface area contributed by atoms with Crippen molar-refractivity contribution in [3.8, 4) is 22.6 Å². The van der Waals surface area contributed by atoms with Gasteiger partial charge in [-0.15, -0.1) is 0 Å². The molecule has 2 heteroatoms. The highest BCUT2D eigenvalue weighted by atomic mass is 16.3. The van der Waals surface area contributed by atoms with Crippen molar-refractivity contribution in [1.82, 2.24) is 0 Å². The molecule has 0 aliphatic carbocycles. The highest BCUT2D eigenvalue weighted by molar-refractivity contribution is 5.71. The van der Waals surface area contributed by atoms with Crippen molar-refractivity contribution < 1.29 is 10.2 Å². The number of aryl methyl sites for hydroxylation is 1. The molecule has 2 rings (SSSR count). The molecule has 0 amide bonds. The van der Waals surface area contributed by atoms with E-state index in [1.165, 1.54) is 0 Å². The maximum absolute atomic E-state index is 9.68. The molecule has 1 radical (unpaired) electrons. The maximum atomic E-state index is 9.68. The summed E-state index contributed by atoms with van der Waals surface area (Å²) in [6, 6.07) is 13.1. The van der Waals surface area contributed by atoms with Crippen LogP contribution in [-0.4, -0.2) is 10.2 Å². The molecule has 0 aliphatic heterocycles. The minimum absolute atomic E-state index is 0.171. The van der Waals surface area contributed by atoms with Crippen molar-refractivity contribution in [3.05, 3.63) is 48.0 Å². The van der Waals surface area contributed by atoms with Gasteiger partial charge in [0.1, 0.15) is 11.5 Å². The summed E-state index contributed by atoms with van der Waals surface area (Å²) in [6.45, 7) is 1.95. The normalized spacial score (nSPS) is 10.2. The summed E-state index contributed by atoms with van der Waals surface area (Å²) >= 11 is 0. The van der Waals surface area contributed by atoms with Crippen LogP contribution in [0.4, 0.5) is 0 Å². The molecule has 75 valence electrons. The van der Waals surface area contributed by atoms with Crippen molar-refractivity contribution in [1.29, 1.82) is 0 Å². The average molecular weight is 199 g/mol. The Labute approximate surface area is 88.4 Å². The van der Waals surface area contributed by atoms with Gasteiger partial charge >= 0.3 is 0 Å². The van der Waals surface area contributed by atoms with Crippen LogP contribution in [0.1, 0.15) is 5.56 Å². The Balaban J connectivity index is 2.58. The van der Waals surface area contributed by atoms with Crippen LogP contribution in [0.5, 0.6) is 11.5 Å². The summed E-state index contributed by atoms with van der Waals surface area (Å²) in [4.78, 5) is 0. The zero-order valence-electron chi connectivity index (χ0n) is 8.36. The largest absolute Gasteiger partial charge is 0.508 e. The highest BCUT2D eigenvalue weighted by Crippen LogP contribution is 2.31. The van der Waals surface area contributed by atoms with E-state index >= 15 is 0 Å². The molecule has 2 nitrogen and oxygen atoms in total. The monoisotopic (exact) mass is 199 g/mol. The second kappa shape index (κ2) is 3.65. The fourth-order valence-electron chi connectivity index (χ4n) is 1.48. The van der Waals surface area contributed by atoms with Gasteiger partial charge < -0.3 is 10.2 Å². The third-order valence-electron chi connectivity index (χ3n) is 2.23. The van der Waals surface area contributed by atoms with E-state index < -0.39 is 0 Å². The lowest BCUT2D eigenvalue weighted by Crippen LogP contribution is -1.81. The Hall–Kier alpha value is -1.96. The summed E-state index contributed by atoms with van der Waals surface area (Å²) in [5, 5.41) is 19.0. The molecule has 0 heterocycles. The Bertz CT molecular complexity index is 490. The van der Waals surface area contributed by atoms with Crippen LogP contribution in [0.15, 0.2) is 36.4 Å². The quantitative estimate of drug-likeness (QED) is 0.741. The number of phenolic OH excluding ortho intramolecular Hbond substituents is 2. The van der Waals surface area contributed by atoms with E-state index in [0.29, 0.717) is 11.1 Å². The van der Waals surface area contributed by atoms with Crippen molar-refractivity contribution in [3.63, 3.8) is 0 Å². The summed E-state index contributed by atoms with van der Waals surface area (Å²) < 4.78 is 0. The van der Waals surface area contributed by atoms with E-state index in [2.05, 4.69) is 6.07 Å². The van der Waals surface area contributed by atoms with Crippen LogP contribution < -0.4 is 0 Å². The third kappa shape index (κ3) is 1.94. The molecule has 2 aromatic rings. The molecular formula is C13H11O2. The number of benzene rings is 2. The van der Waals surface area contributed by atoms with E-state index in [4.69, 9.17) is 0 Å². The van der Waals surface area contributed by atoms with Gasteiger partial charge in [-0.1, -0.05) is 17.7 Å². The minimum atomic E-state index is 0.171. The molecule has 0 spiro atoms. The fraction of sp³-hybridized carbons (Fsp3) is 0.0769. The van der Waals surface area contributed by atoms with Crippen LogP contribution >= 0.6 is 0 Å². The number of rotatable bonds is 1. The highest BCUT2D eigenvalue weighted by Gasteiger charge is 2.04. The van der Waals surface area contributed by atoms with E-state index in [1.54, 1.807) is 24.3 Å². The molecule has 0 unspecified atom stereocenters. The first-order valence-corrected chi connectivity index (χ1v) is 4.67. The molecule has 2 aromatic carbocycles. The molecule has 0 aromatic heterocycles. The zero-order chi connectivity index (χ0) is 10.8. The van der Waals surface area contributed by atoms with Gasteiger partial charge in [0.2, 0.25) is 0 Å². The maximum Gasteiger partial charge on any atom is 0.123 e. The first kappa shape index (κ1) is 9.59. The Morgan fingerprint density at radius 2 is 1.87 bits per heavy atom. The summed E-state index contributed by atoms with van der Waals surface area (Å²) in [5.41, 5.74) is 2.43. The smallest absolute Gasteiger partial charge is 0.123 e. The Kier molecular flexibility index (Phi) is 2.34. The Morgan fingerprint density at radius 1 is 1.07 bits per heavy atom. The third-order valence-corrected chi connectivity index (χ3v) is 2.23. The van der Waals surface area contributed by atoms with Crippen LogP contribution in [-0.2, 0) is 0 Å². The van der Waals surface area contributed by atoms with E-state index in [-0.39, 0.29) is 11.5 Å². The van der Waals surface area contributed by atoms with Crippen LogP contribution in [0.3, 0.4) is 0 Å². The van der Waals surface area contributed by atoms with E-state index in [0.717, 1.165) is 5.56 Å². The van der Waals surface area contributed by atoms with Crippen LogP contribution in [0.25, 0.3) is 11.1 Å². The van der Waals surface area contributed by atoms with Gasteiger partial charge in [0.15, 0.2) is 0 Å². The summed E-state index contributed by atoms with van der Waals surface area (Å²) in [5.74, 6) is 0.368. The van der Waals surface area contributed by atoms with Gasteiger partial charge in [-0.05, 0) is 42.8 Å². The molecule has 0 saturated carbocycles. The predicted molar refractivity (Wildman–Crippen MR) is 58.8 cm³/mol. The lowest BCUT2D eigenvalue weighted by atomic mass is 10.0. The second-order valence-electron chi connectivity index (χ2n) is 3.48. The molecule has 2 N–H and O–H groups in total. The standard InChI is InChI=1S/C13H11O2/c1-9-5-6-13(15)12(7-9)10-3-2-4-11(14)8-10/h2,4-8,14-15H,1H3. The van der Waals surface area contributed by atoms with Gasteiger partial charge in [-0.3, -0.25) is 0 Å². The number of hydrogen-bond donors (Lipinski definition) is 2. The van der Waals surface area contributed by atoms with E-state index in [1.807, 2.05) is 19.1 Å². The first-order valence-electron chi connectivity index (χ1n) is 4.67. The molecule has 0 fully saturated rings. The summed E-state index contributed by atoms with van der Waals surface area (Å²) in [7, 11) is 0. The van der Waals surface area contributed by atoms with Gasteiger partial charge in [-0.25, -0.2) is 0 Å². The van der Waals surface area contributed by atoms with Crippen molar-refractivity contribution >= 4 is 0 Å².